The third-order valence-electron chi connectivity index (χ3n) is 2.82. The summed E-state index contributed by atoms with van der Waals surface area (Å²) in [5.41, 5.74) is -0.0260. The minimum atomic E-state index is -1.02. The van der Waals surface area contributed by atoms with Crippen LogP contribution in [0.1, 0.15) is 40.0 Å². The summed E-state index contributed by atoms with van der Waals surface area (Å²) in [6.45, 7) is 9.12. The van der Waals surface area contributed by atoms with Gasteiger partial charge in [0.1, 0.15) is 6.17 Å². The molecule has 1 unspecified atom stereocenters. The van der Waals surface area contributed by atoms with Crippen LogP contribution in [0.4, 0.5) is 4.79 Å². The monoisotopic (exact) mass is 240 g/mol. The van der Waals surface area contributed by atoms with Crippen molar-refractivity contribution < 1.29 is 14.7 Å². The first-order chi connectivity index (χ1) is 7.73. The molecule has 1 fully saturated rings. The molecule has 1 heterocycles. The minimum absolute atomic E-state index is 0.247. The zero-order valence-electron chi connectivity index (χ0n) is 10.6. The van der Waals surface area contributed by atoms with Gasteiger partial charge in [-0.25, -0.2) is 4.79 Å². The first-order valence-corrected chi connectivity index (χ1v) is 5.74. The predicted octanol–water partition coefficient (Wildman–Crippen LogP) is 1.95. The highest BCUT2D eigenvalue weighted by Gasteiger charge is 2.35. The molecule has 0 spiro atoms. The lowest BCUT2D eigenvalue weighted by Crippen LogP contribution is -2.57. The van der Waals surface area contributed by atoms with E-state index in [4.69, 9.17) is 0 Å². The quantitative estimate of drug-likeness (QED) is 0.688. The number of nitrogens with one attached hydrogen (secondary N) is 1. The lowest BCUT2D eigenvalue weighted by Gasteiger charge is -2.39. The summed E-state index contributed by atoms with van der Waals surface area (Å²) >= 11 is 0. The van der Waals surface area contributed by atoms with Gasteiger partial charge in [0.2, 0.25) is 5.91 Å². The number of carbonyl (C=O) groups is 2. The van der Waals surface area contributed by atoms with Crippen LogP contribution in [-0.2, 0) is 4.79 Å². The number of hydrogen-bond donors (Lipinski definition) is 2. The average Bonchev–Trinajstić information content (AvgIpc) is 2.27. The fraction of sp³-hybridized carbons (Fsp3) is 0.667. The molecule has 2 N–H and O–H groups in total. The Morgan fingerprint density at radius 3 is 2.59 bits per heavy atom. The van der Waals surface area contributed by atoms with Crippen molar-refractivity contribution in [3.05, 3.63) is 12.2 Å². The van der Waals surface area contributed by atoms with E-state index in [-0.39, 0.29) is 5.91 Å². The van der Waals surface area contributed by atoms with Crippen LogP contribution in [0.15, 0.2) is 12.2 Å². The van der Waals surface area contributed by atoms with Gasteiger partial charge in [0.05, 0.1) is 0 Å². The van der Waals surface area contributed by atoms with Crippen LogP contribution in [0, 0.1) is 0 Å². The van der Waals surface area contributed by atoms with E-state index in [9.17, 15) is 14.7 Å². The molecule has 1 aliphatic heterocycles. The molecule has 1 saturated heterocycles. The molecular weight excluding hydrogens is 220 g/mol. The molecule has 5 heteroatoms. The second kappa shape index (κ2) is 4.77. The van der Waals surface area contributed by atoms with Gasteiger partial charge >= 0.3 is 6.09 Å². The summed E-state index contributed by atoms with van der Waals surface area (Å²) in [5, 5.41) is 12.0. The van der Waals surface area contributed by atoms with E-state index in [1.165, 1.54) is 4.90 Å². The van der Waals surface area contributed by atoms with Crippen LogP contribution in [0.5, 0.6) is 0 Å². The second-order valence-corrected chi connectivity index (χ2v) is 5.31. The van der Waals surface area contributed by atoms with E-state index in [2.05, 4.69) is 11.9 Å². The zero-order valence-corrected chi connectivity index (χ0v) is 10.6. The Balaban J connectivity index is 2.92. The van der Waals surface area contributed by atoms with Crippen LogP contribution >= 0.6 is 0 Å². The zero-order chi connectivity index (χ0) is 13.2. The highest BCUT2D eigenvalue weighted by atomic mass is 16.4. The van der Waals surface area contributed by atoms with Crippen molar-refractivity contribution >= 4 is 12.0 Å². The summed E-state index contributed by atoms with van der Waals surface area (Å²) in [6, 6.07) is 0. The van der Waals surface area contributed by atoms with Gasteiger partial charge in [-0.05, 0) is 40.0 Å². The van der Waals surface area contributed by atoms with Gasteiger partial charge in [-0.15, -0.1) is 0 Å². The van der Waals surface area contributed by atoms with Gasteiger partial charge in [0, 0.05) is 11.1 Å². The highest BCUT2D eigenvalue weighted by Crippen LogP contribution is 2.22. The summed E-state index contributed by atoms with van der Waals surface area (Å²) in [6.07, 6.45) is 0.519. The van der Waals surface area contributed by atoms with Crippen molar-refractivity contribution in [3.8, 4) is 0 Å². The normalized spacial score (nSPS) is 21.7. The molecule has 1 rings (SSSR count). The first-order valence-electron chi connectivity index (χ1n) is 5.74. The van der Waals surface area contributed by atoms with E-state index >= 15 is 0 Å². The average molecular weight is 240 g/mol. The van der Waals surface area contributed by atoms with Crippen LogP contribution in [0.2, 0.25) is 0 Å². The van der Waals surface area contributed by atoms with E-state index < -0.39 is 17.8 Å². The van der Waals surface area contributed by atoms with Gasteiger partial charge < -0.3 is 10.4 Å². The molecule has 17 heavy (non-hydrogen) atoms. The maximum atomic E-state index is 11.6. The summed E-state index contributed by atoms with van der Waals surface area (Å²) < 4.78 is 0. The largest absolute Gasteiger partial charge is 0.465 e. The van der Waals surface area contributed by atoms with E-state index in [0.717, 1.165) is 6.42 Å². The molecule has 5 nitrogen and oxygen atoms in total. The Bertz CT molecular complexity index is 344. The molecule has 0 aliphatic carbocycles. The van der Waals surface area contributed by atoms with Crippen molar-refractivity contribution in [2.45, 2.75) is 51.7 Å². The lowest BCUT2D eigenvalue weighted by atomic mass is 10.0. The lowest BCUT2D eigenvalue weighted by molar-refractivity contribution is -0.119. The molecule has 2 amide bonds. The van der Waals surface area contributed by atoms with Crippen LogP contribution in [0.3, 0.4) is 0 Å². The third kappa shape index (κ3) is 3.22. The number of amides is 2. The van der Waals surface area contributed by atoms with Gasteiger partial charge in [-0.2, -0.15) is 0 Å². The Morgan fingerprint density at radius 2 is 2.12 bits per heavy atom. The maximum Gasteiger partial charge on any atom is 0.409 e. The Hall–Kier alpha value is -1.52. The molecule has 0 aromatic heterocycles. The summed E-state index contributed by atoms with van der Waals surface area (Å²) in [7, 11) is 0. The topological polar surface area (TPSA) is 69.6 Å². The molecule has 1 aliphatic rings. The fourth-order valence-electron chi connectivity index (χ4n) is 2.03. The van der Waals surface area contributed by atoms with Crippen molar-refractivity contribution in [1.29, 1.82) is 0 Å². The van der Waals surface area contributed by atoms with Crippen molar-refractivity contribution in [3.63, 3.8) is 0 Å². The second-order valence-electron chi connectivity index (χ2n) is 5.31. The Kier molecular flexibility index (Phi) is 3.80. The number of rotatable bonds is 1. The van der Waals surface area contributed by atoms with Crippen LogP contribution in [-0.4, -0.2) is 33.7 Å². The Morgan fingerprint density at radius 1 is 1.53 bits per heavy atom. The minimum Gasteiger partial charge on any atom is -0.465 e. The molecule has 0 aromatic carbocycles. The van der Waals surface area contributed by atoms with Crippen molar-refractivity contribution in [2.75, 3.05) is 0 Å². The molecule has 0 saturated carbocycles. The molecule has 1 atom stereocenters. The number of hydrogen-bond acceptors (Lipinski definition) is 2. The molecular formula is C12H20N2O3. The van der Waals surface area contributed by atoms with Crippen LogP contribution < -0.4 is 5.32 Å². The fourth-order valence-corrected chi connectivity index (χ4v) is 2.03. The van der Waals surface area contributed by atoms with Crippen molar-refractivity contribution in [2.24, 2.45) is 0 Å². The molecule has 0 bridgehead atoms. The Labute approximate surface area is 101 Å². The third-order valence-corrected chi connectivity index (χ3v) is 2.82. The number of nitrogens with zero attached hydrogens (tertiary/aromatic N) is 1. The number of carboxylic acid groups (broad SMARTS) is 1. The summed E-state index contributed by atoms with van der Waals surface area (Å²) in [4.78, 5) is 24.2. The number of carbonyl (C=O) groups excluding carboxylic acids is 1. The van der Waals surface area contributed by atoms with E-state index in [1.807, 2.05) is 20.8 Å². The molecule has 0 radical (unpaired) electrons. The first kappa shape index (κ1) is 13.5. The highest BCUT2D eigenvalue weighted by molar-refractivity contribution is 5.93. The van der Waals surface area contributed by atoms with Gasteiger partial charge in [0.25, 0.3) is 0 Å². The summed E-state index contributed by atoms with van der Waals surface area (Å²) in [5.74, 6) is -0.247. The van der Waals surface area contributed by atoms with E-state index in [0.29, 0.717) is 18.4 Å². The molecule has 96 valence electrons. The van der Waals surface area contributed by atoms with Crippen LogP contribution in [0.25, 0.3) is 0 Å². The van der Waals surface area contributed by atoms with Gasteiger partial charge in [-0.3, -0.25) is 9.69 Å². The van der Waals surface area contributed by atoms with Crippen molar-refractivity contribution in [1.82, 2.24) is 10.2 Å². The smallest absolute Gasteiger partial charge is 0.409 e. The van der Waals surface area contributed by atoms with Gasteiger partial charge in [-0.1, -0.05) is 6.58 Å². The van der Waals surface area contributed by atoms with E-state index in [1.54, 1.807) is 0 Å². The standard InChI is InChI=1S/C12H20N2O3/c1-8-6-5-7-9(13-10(8)15)14(11(16)17)12(2,3)4/h9H,1,5-7H2,2-4H3,(H,13,15)(H,16,17). The van der Waals surface area contributed by atoms with Gasteiger partial charge in [0.15, 0.2) is 0 Å². The molecule has 0 aromatic rings. The SMILES string of the molecule is C=C1CCCC(N(C(=O)O)C(C)(C)C)NC1=O. The predicted molar refractivity (Wildman–Crippen MR) is 64.5 cm³/mol. The maximum absolute atomic E-state index is 11.6.